The first-order valence-corrected chi connectivity index (χ1v) is 8.82. The average Bonchev–Trinajstić information content (AvgIpc) is 2.38. The fourth-order valence-corrected chi connectivity index (χ4v) is 3.95. The van der Waals surface area contributed by atoms with Crippen molar-refractivity contribution in [3.05, 3.63) is 29.8 Å². The van der Waals surface area contributed by atoms with E-state index in [4.69, 9.17) is 4.74 Å². The molecule has 1 saturated heterocycles. The predicted octanol–water partition coefficient (Wildman–Crippen LogP) is 2.43. The first-order valence-electron chi connectivity index (χ1n) is 6.22. The van der Waals surface area contributed by atoms with Crippen LogP contribution in [0.15, 0.2) is 29.2 Å². The van der Waals surface area contributed by atoms with Gasteiger partial charge in [0.05, 0.1) is 17.0 Å². The standard InChI is InChI=1S/C13H18BrNO3S/c1-13(7-2-8-18-10-13)15-19(16,17)12-5-3-11(9-14)4-6-12/h3-6,15H,2,7-10H2,1H3. The molecule has 1 unspecified atom stereocenters. The van der Waals surface area contributed by atoms with Crippen LogP contribution in [0, 0.1) is 0 Å². The fourth-order valence-electron chi connectivity index (χ4n) is 2.16. The molecule has 106 valence electrons. The van der Waals surface area contributed by atoms with Crippen molar-refractivity contribution in [2.24, 2.45) is 0 Å². The van der Waals surface area contributed by atoms with Crippen LogP contribution in [-0.4, -0.2) is 27.2 Å². The van der Waals surface area contributed by atoms with Crippen LogP contribution in [0.5, 0.6) is 0 Å². The molecule has 1 fully saturated rings. The van der Waals surface area contributed by atoms with Crippen molar-refractivity contribution in [1.29, 1.82) is 0 Å². The lowest BCUT2D eigenvalue weighted by Gasteiger charge is -2.33. The molecule has 0 aliphatic carbocycles. The minimum atomic E-state index is -3.49. The molecule has 1 aromatic rings. The zero-order valence-corrected chi connectivity index (χ0v) is 13.3. The quantitative estimate of drug-likeness (QED) is 0.851. The van der Waals surface area contributed by atoms with E-state index in [2.05, 4.69) is 20.7 Å². The molecule has 0 bridgehead atoms. The van der Waals surface area contributed by atoms with Crippen LogP contribution in [0.25, 0.3) is 0 Å². The Labute approximate surface area is 122 Å². The molecule has 0 radical (unpaired) electrons. The lowest BCUT2D eigenvalue weighted by atomic mass is 9.97. The first kappa shape index (κ1) is 15.0. The minimum absolute atomic E-state index is 0.295. The lowest BCUT2D eigenvalue weighted by molar-refractivity contribution is 0.0386. The van der Waals surface area contributed by atoms with Crippen LogP contribution in [-0.2, 0) is 20.1 Å². The van der Waals surface area contributed by atoms with Crippen LogP contribution < -0.4 is 4.72 Å². The maximum absolute atomic E-state index is 12.3. The molecule has 0 aromatic heterocycles. The summed E-state index contributed by atoms with van der Waals surface area (Å²) in [6.07, 6.45) is 1.67. The Morgan fingerprint density at radius 3 is 2.58 bits per heavy atom. The highest BCUT2D eigenvalue weighted by atomic mass is 79.9. The van der Waals surface area contributed by atoms with Gasteiger partial charge in [0.1, 0.15) is 0 Å². The summed E-state index contributed by atoms with van der Waals surface area (Å²) in [6, 6.07) is 6.88. The molecule has 1 atom stereocenters. The third-order valence-electron chi connectivity index (χ3n) is 3.21. The monoisotopic (exact) mass is 347 g/mol. The van der Waals surface area contributed by atoms with Gasteiger partial charge in [-0.3, -0.25) is 0 Å². The fraction of sp³-hybridized carbons (Fsp3) is 0.538. The zero-order chi connectivity index (χ0) is 13.9. The van der Waals surface area contributed by atoms with Gasteiger partial charge in [-0.2, -0.15) is 0 Å². The third kappa shape index (κ3) is 3.78. The van der Waals surface area contributed by atoms with E-state index in [-0.39, 0.29) is 0 Å². The van der Waals surface area contributed by atoms with Crippen LogP contribution in [0.3, 0.4) is 0 Å². The number of benzene rings is 1. The summed E-state index contributed by atoms with van der Waals surface area (Å²) in [4.78, 5) is 0.295. The second-order valence-corrected chi connectivity index (χ2v) is 7.34. The maximum atomic E-state index is 12.3. The molecule has 0 amide bonds. The van der Waals surface area contributed by atoms with E-state index >= 15 is 0 Å². The lowest BCUT2D eigenvalue weighted by Crippen LogP contribution is -2.51. The van der Waals surface area contributed by atoms with Gasteiger partial charge in [0.15, 0.2) is 0 Å². The summed E-state index contributed by atoms with van der Waals surface area (Å²) in [5.41, 5.74) is 0.539. The van der Waals surface area contributed by atoms with Gasteiger partial charge in [-0.1, -0.05) is 28.1 Å². The summed E-state index contributed by atoms with van der Waals surface area (Å²) >= 11 is 3.34. The minimum Gasteiger partial charge on any atom is -0.380 e. The topological polar surface area (TPSA) is 55.4 Å². The molecule has 4 nitrogen and oxygen atoms in total. The van der Waals surface area contributed by atoms with E-state index in [0.717, 1.165) is 18.4 Å². The van der Waals surface area contributed by atoms with Crippen molar-refractivity contribution < 1.29 is 13.2 Å². The third-order valence-corrected chi connectivity index (χ3v) is 5.51. The summed E-state index contributed by atoms with van der Waals surface area (Å²) < 4.78 is 32.8. The van der Waals surface area contributed by atoms with Gasteiger partial charge < -0.3 is 4.74 Å². The second-order valence-electron chi connectivity index (χ2n) is 5.10. The van der Waals surface area contributed by atoms with Crippen molar-refractivity contribution in [2.75, 3.05) is 13.2 Å². The molecule has 1 aliphatic rings. The van der Waals surface area contributed by atoms with E-state index in [1.807, 2.05) is 19.1 Å². The summed E-state index contributed by atoms with van der Waals surface area (Å²) in [7, 11) is -3.49. The number of halogens is 1. The maximum Gasteiger partial charge on any atom is 0.241 e. The molecule has 0 saturated carbocycles. The van der Waals surface area contributed by atoms with Gasteiger partial charge in [-0.05, 0) is 37.5 Å². The molecule has 19 heavy (non-hydrogen) atoms. The van der Waals surface area contributed by atoms with Crippen LogP contribution in [0.1, 0.15) is 25.3 Å². The molecule has 1 aromatic carbocycles. The van der Waals surface area contributed by atoms with E-state index in [1.54, 1.807) is 12.1 Å². The summed E-state index contributed by atoms with van der Waals surface area (Å²) in [5.74, 6) is 0. The van der Waals surface area contributed by atoms with Gasteiger partial charge in [0.2, 0.25) is 10.0 Å². The van der Waals surface area contributed by atoms with Gasteiger partial charge in [-0.15, -0.1) is 0 Å². The number of ether oxygens (including phenoxy) is 1. The SMILES string of the molecule is CC1(NS(=O)(=O)c2ccc(CBr)cc2)CCCOC1. The van der Waals surface area contributed by atoms with Crippen molar-refractivity contribution in [1.82, 2.24) is 4.72 Å². The highest BCUT2D eigenvalue weighted by Crippen LogP contribution is 2.22. The molecule has 2 rings (SSSR count). The van der Waals surface area contributed by atoms with Crippen LogP contribution in [0.2, 0.25) is 0 Å². The molecule has 0 spiro atoms. The zero-order valence-electron chi connectivity index (χ0n) is 10.9. The summed E-state index contributed by atoms with van der Waals surface area (Å²) in [6.45, 7) is 3.01. The van der Waals surface area contributed by atoms with E-state index in [9.17, 15) is 8.42 Å². The number of hydrogen-bond donors (Lipinski definition) is 1. The van der Waals surface area contributed by atoms with Crippen LogP contribution >= 0.6 is 15.9 Å². The molecular weight excluding hydrogens is 330 g/mol. The Balaban J connectivity index is 2.17. The Hall–Kier alpha value is -0.430. The molecule has 1 heterocycles. The van der Waals surface area contributed by atoms with Gasteiger partial charge in [0.25, 0.3) is 0 Å². The number of hydrogen-bond acceptors (Lipinski definition) is 3. The molecule has 6 heteroatoms. The number of sulfonamides is 1. The predicted molar refractivity (Wildman–Crippen MR) is 77.9 cm³/mol. The first-order chi connectivity index (χ1) is 8.95. The normalized spacial score (nSPS) is 24.3. The smallest absolute Gasteiger partial charge is 0.241 e. The second kappa shape index (κ2) is 5.91. The summed E-state index contributed by atoms with van der Waals surface area (Å²) in [5, 5.41) is 0.715. The Kier molecular flexibility index (Phi) is 4.66. The molecule has 1 aliphatic heterocycles. The van der Waals surface area contributed by atoms with Crippen LogP contribution in [0.4, 0.5) is 0 Å². The van der Waals surface area contributed by atoms with Crippen molar-refractivity contribution in [3.63, 3.8) is 0 Å². The molecular formula is C13H18BrNO3S. The Morgan fingerprint density at radius 2 is 2.05 bits per heavy atom. The van der Waals surface area contributed by atoms with Crippen molar-refractivity contribution in [2.45, 2.75) is 35.5 Å². The van der Waals surface area contributed by atoms with Gasteiger partial charge in [0, 0.05) is 11.9 Å². The number of alkyl halides is 1. The van der Waals surface area contributed by atoms with Crippen molar-refractivity contribution >= 4 is 26.0 Å². The highest BCUT2D eigenvalue weighted by molar-refractivity contribution is 9.08. The van der Waals surface area contributed by atoms with E-state index in [1.165, 1.54) is 0 Å². The van der Waals surface area contributed by atoms with Gasteiger partial charge in [-0.25, -0.2) is 13.1 Å². The largest absolute Gasteiger partial charge is 0.380 e. The Morgan fingerprint density at radius 1 is 1.37 bits per heavy atom. The van der Waals surface area contributed by atoms with E-state index < -0.39 is 15.6 Å². The van der Waals surface area contributed by atoms with Crippen molar-refractivity contribution in [3.8, 4) is 0 Å². The van der Waals surface area contributed by atoms with Gasteiger partial charge >= 0.3 is 0 Å². The number of rotatable bonds is 4. The Bertz CT molecular complexity index is 521. The highest BCUT2D eigenvalue weighted by Gasteiger charge is 2.32. The number of nitrogens with one attached hydrogen (secondary N) is 1. The van der Waals surface area contributed by atoms with E-state index in [0.29, 0.717) is 23.4 Å². The molecule has 1 N–H and O–H groups in total. The average molecular weight is 348 g/mol.